The van der Waals surface area contributed by atoms with Crippen LogP contribution in [0.15, 0.2) is 6.20 Å². The summed E-state index contributed by atoms with van der Waals surface area (Å²) in [6.45, 7) is -1.96. The van der Waals surface area contributed by atoms with Crippen LogP contribution in [0.4, 0.5) is 17.6 Å². The van der Waals surface area contributed by atoms with Crippen molar-refractivity contribution in [3.05, 3.63) is 11.9 Å². The molecule has 0 aromatic carbocycles. The van der Waals surface area contributed by atoms with Gasteiger partial charge in [-0.1, -0.05) is 0 Å². The first-order valence-electron chi connectivity index (χ1n) is 4.23. The van der Waals surface area contributed by atoms with Crippen molar-refractivity contribution in [3.63, 3.8) is 0 Å². The normalized spacial score (nSPS) is 24.5. The lowest BCUT2D eigenvalue weighted by Gasteiger charge is -2.15. The van der Waals surface area contributed by atoms with E-state index >= 15 is 0 Å². The number of alkyl halides is 4. The van der Waals surface area contributed by atoms with Gasteiger partial charge in [0.1, 0.15) is 0 Å². The van der Waals surface area contributed by atoms with Crippen LogP contribution in [0.1, 0.15) is 5.69 Å². The molecule has 0 radical (unpaired) electrons. The molecule has 0 spiro atoms. The molecule has 0 unspecified atom stereocenters. The van der Waals surface area contributed by atoms with Gasteiger partial charge in [0.05, 0.1) is 25.0 Å². The van der Waals surface area contributed by atoms with E-state index in [9.17, 15) is 17.6 Å². The maximum absolute atomic E-state index is 12.8. The average Bonchev–Trinajstić information content (AvgIpc) is 2.59. The third kappa shape index (κ3) is 1.81. The summed E-state index contributed by atoms with van der Waals surface area (Å²) in [6, 6.07) is 0. The van der Waals surface area contributed by atoms with Crippen molar-refractivity contribution >= 4 is 0 Å². The fourth-order valence-electron chi connectivity index (χ4n) is 1.49. The largest absolute Gasteiger partial charge is 0.323 e. The minimum absolute atomic E-state index is 0.0539. The van der Waals surface area contributed by atoms with Crippen molar-refractivity contribution in [1.82, 2.24) is 20.3 Å². The number of rotatable bonds is 2. The third-order valence-electron chi connectivity index (χ3n) is 2.23. The highest BCUT2D eigenvalue weighted by atomic mass is 19.3. The van der Waals surface area contributed by atoms with E-state index in [0.29, 0.717) is 5.69 Å². The van der Waals surface area contributed by atoms with Crippen molar-refractivity contribution < 1.29 is 17.6 Å². The Balaban J connectivity index is 2.04. The van der Waals surface area contributed by atoms with E-state index in [2.05, 4.69) is 15.4 Å². The molecule has 15 heavy (non-hydrogen) atoms. The van der Waals surface area contributed by atoms with Gasteiger partial charge in [0.15, 0.2) is 0 Å². The fraction of sp³-hybridized carbons (Fsp3) is 0.714. The Kier molecular flexibility index (Phi) is 2.18. The van der Waals surface area contributed by atoms with Gasteiger partial charge in [-0.05, 0) is 0 Å². The number of aromatic nitrogens is 3. The van der Waals surface area contributed by atoms with Crippen LogP contribution in [-0.4, -0.2) is 45.2 Å². The number of H-pyrrole nitrogens is 1. The van der Waals surface area contributed by atoms with Crippen molar-refractivity contribution in [1.29, 1.82) is 0 Å². The third-order valence-corrected chi connectivity index (χ3v) is 2.23. The zero-order valence-electron chi connectivity index (χ0n) is 7.55. The molecule has 1 aliphatic heterocycles. The summed E-state index contributed by atoms with van der Waals surface area (Å²) in [5.41, 5.74) is 0.364. The summed E-state index contributed by atoms with van der Waals surface area (Å²) in [5.74, 6) is -7.92. The molecule has 0 saturated carbocycles. The Morgan fingerprint density at radius 1 is 1.27 bits per heavy atom. The van der Waals surface area contributed by atoms with Crippen molar-refractivity contribution in [2.24, 2.45) is 0 Å². The molecular formula is C7H8F4N4. The Hall–Kier alpha value is -1.18. The number of nitrogens with zero attached hydrogens (tertiary/aromatic N) is 3. The summed E-state index contributed by atoms with van der Waals surface area (Å²) in [4.78, 5) is 0.956. The van der Waals surface area contributed by atoms with Gasteiger partial charge in [0.25, 0.3) is 0 Å². The molecule has 1 aromatic heterocycles. The lowest BCUT2D eigenvalue weighted by molar-refractivity contribution is -0.172. The zero-order valence-corrected chi connectivity index (χ0v) is 7.55. The first kappa shape index (κ1) is 10.3. The van der Waals surface area contributed by atoms with E-state index in [1.807, 2.05) is 0 Å². The van der Waals surface area contributed by atoms with Crippen LogP contribution in [0.3, 0.4) is 0 Å². The Morgan fingerprint density at radius 2 is 1.87 bits per heavy atom. The molecule has 4 nitrogen and oxygen atoms in total. The van der Waals surface area contributed by atoms with Gasteiger partial charge in [-0.25, -0.2) is 0 Å². The van der Waals surface area contributed by atoms with Gasteiger partial charge in [0.2, 0.25) is 0 Å². The molecule has 8 heteroatoms. The summed E-state index contributed by atoms with van der Waals surface area (Å²) in [5, 5.41) is 9.35. The minimum atomic E-state index is -3.96. The smallest absolute Gasteiger partial charge is 0.285 e. The van der Waals surface area contributed by atoms with Crippen LogP contribution in [0.2, 0.25) is 0 Å². The molecule has 2 rings (SSSR count). The van der Waals surface area contributed by atoms with Crippen LogP contribution in [0.5, 0.6) is 0 Å². The molecule has 1 aliphatic rings. The number of halogens is 4. The second kappa shape index (κ2) is 3.16. The van der Waals surface area contributed by atoms with Gasteiger partial charge in [-0.3, -0.25) is 4.90 Å². The number of nitrogens with one attached hydrogen (secondary N) is 1. The maximum Gasteiger partial charge on any atom is 0.323 e. The average molecular weight is 224 g/mol. The van der Waals surface area contributed by atoms with E-state index in [-0.39, 0.29) is 6.54 Å². The molecule has 2 heterocycles. The number of likely N-dealkylation sites (tertiary alicyclic amines) is 1. The van der Waals surface area contributed by atoms with Crippen LogP contribution in [0, 0.1) is 0 Å². The van der Waals surface area contributed by atoms with Crippen LogP contribution in [-0.2, 0) is 6.54 Å². The monoisotopic (exact) mass is 224 g/mol. The predicted molar refractivity (Wildman–Crippen MR) is 41.6 cm³/mol. The lowest BCUT2D eigenvalue weighted by Crippen LogP contribution is -2.38. The highest BCUT2D eigenvalue weighted by molar-refractivity contribution is 5.00. The van der Waals surface area contributed by atoms with E-state index < -0.39 is 24.9 Å². The predicted octanol–water partition coefficient (Wildman–Crippen LogP) is 0.891. The molecule has 0 atom stereocenters. The first-order chi connectivity index (χ1) is 6.91. The first-order valence-corrected chi connectivity index (χ1v) is 4.23. The molecule has 1 N–H and O–H groups in total. The minimum Gasteiger partial charge on any atom is -0.285 e. The van der Waals surface area contributed by atoms with Gasteiger partial charge in [0, 0.05) is 6.54 Å². The molecule has 1 aromatic rings. The number of aromatic amines is 1. The quantitative estimate of drug-likeness (QED) is 0.759. The van der Waals surface area contributed by atoms with E-state index in [1.165, 1.54) is 6.20 Å². The van der Waals surface area contributed by atoms with Crippen molar-refractivity contribution in [2.45, 2.75) is 18.4 Å². The van der Waals surface area contributed by atoms with Crippen molar-refractivity contribution in [3.8, 4) is 0 Å². The summed E-state index contributed by atoms with van der Waals surface area (Å²) >= 11 is 0. The number of hydrogen-bond donors (Lipinski definition) is 1. The molecule has 0 amide bonds. The zero-order chi connectivity index (χ0) is 11.1. The van der Waals surface area contributed by atoms with Gasteiger partial charge in [-0.15, -0.1) is 0 Å². The summed E-state index contributed by atoms with van der Waals surface area (Å²) in [7, 11) is 0. The van der Waals surface area contributed by atoms with Crippen LogP contribution >= 0.6 is 0 Å². The lowest BCUT2D eigenvalue weighted by atomic mass is 10.2. The number of hydrogen-bond acceptors (Lipinski definition) is 3. The van der Waals surface area contributed by atoms with E-state index in [1.54, 1.807) is 0 Å². The molecule has 1 saturated heterocycles. The standard InChI is InChI=1S/C7H8F4N4/c8-6(9)3-15(4-7(6,10)11)2-5-1-12-14-13-5/h1H,2-4H2,(H,12,13,14). The topological polar surface area (TPSA) is 44.8 Å². The molecule has 0 aliphatic carbocycles. The van der Waals surface area contributed by atoms with Crippen molar-refractivity contribution in [2.75, 3.05) is 13.1 Å². The molecule has 1 fully saturated rings. The van der Waals surface area contributed by atoms with E-state index in [4.69, 9.17) is 0 Å². The van der Waals surface area contributed by atoms with E-state index in [0.717, 1.165) is 4.90 Å². The Labute approximate surface area is 82.3 Å². The Bertz CT molecular complexity index is 321. The highest BCUT2D eigenvalue weighted by Crippen LogP contribution is 2.41. The Morgan fingerprint density at radius 3 is 2.33 bits per heavy atom. The summed E-state index contributed by atoms with van der Waals surface area (Å²) in [6.07, 6.45) is 1.31. The maximum atomic E-state index is 12.8. The SMILES string of the molecule is FC1(F)CN(Cc2cn[nH]n2)CC1(F)F. The fourth-order valence-corrected chi connectivity index (χ4v) is 1.49. The molecule has 84 valence electrons. The van der Waals surface area contributed by atoms with Gasteiger partial charge < -0.3 is 0 Å². The second-order valence-corrected chi connectivity index (χ2v) is 3.52. The second-order valence-electron chi connectivity index (χ2n) is 3.52. The highest BCUT2D eigenvalue weighted by Gasteiger charge is 2.62. The van der Waals surface area contributed by atoms with Gasteiger partial charge in [-0.2, -0.15) is 33.0 Å². The van der Waals surface area contributed by atoms with Crippen LogP contribution in [0.25, 0.3) is 0 Å². The summed E-state index contributed by atoms with van der Waals surface area (Å²) < 4.78 is 51.1. The van der Waals surface area contributed by atoms with Crippen LogP contribution < -0.4 is 0 Å². The van der Waals surface area contributed by atoms with Gasteiger partial charge >= 0.3 is 11.8 Å². The molecule has 0 bridgehead atoms. The molecular weight excluding hydrogens is 216 g/mol.